The Labute approximate surface area is 137 Å². The number of H-pyrrole nitrogens is 1. The largest absolute Gasteiger partial charge is 0.482 e. The number of carbonyl (C=O) groups excluding carboxylic acids is 2. The molecule has 1 amide bonds. The van der Waals surface area contributed by atoms with E-state index in [1.165, 1.54) is 11.8 Å². The lowest BCUT2D eigenvalue weighted by atomic mass is 10.1. The number of amides is 1. The number of rotatable bonds is 5. The van der Waals surface area contributed by atoms with E-state index in [-0.39, 0.29) is 24.1 Å². The number of likely N-dealkylation sites (N-methyl/N-ethyl adjacent to an activating group) is 1. The molecule has 8 heteroatoms. The van der Waals surface area contributed by atoms with Crippen molar-refractivity contribution in [2.45, 2.75) is 19.0 Å². The van der Waals surface area contributed by atoms with E-state index in [2.05, 4.69) is 15.2 Å². The molecule has 0 atom stereocenters. The highest BCUT2D eigenvalue weighted by Crippen LogP contribution is 2.33. The molecule has 23 heavy (non-hydrogen) atoms. The van der Waals surface area contributed by atoms with Gasteiger partial charge in [0.1, 0.15) is 11.6 Å². The van der Waals surface area contributed by atoms with E-state index >= 15 is 0 Å². The Morgan fingerprint density at radius 2 is 2.30 bits per heavy atom. The predicted octanol–water partition coefficient (Wildman–Crippen LogP) is 1.83. The number of carbonyl (C=O) groups is 2. The van der Waals surface area contributed by atoms with Gasteiger partial charge in [0.05, 0.1) is 11.4 Å². The zero-order chi connectivity index (χ0) is 16.4. The Kier molecular flexibility index (Phi) is 4.33. The lowest BCUT2D eigenvalue weighted by Crippen LogP contribution is -2.38. The number of benzene rings is 1. The lowest BCUT2D eigenvalue weighted by molar-refractivity contribution is -0.121. The molecule has 1 aliphatic heterocycles. The molecule has 1 aromatic heterocycles. The second-order valence-corrected chi connectivity index (χ2v) is 5.97. The van der Waals surface area contributed by atoms with Crippen molar-refractivity contribution in [2.24, 2.45) is 0 Å². The molecule has 2 heterocycles. The van der Waals surface area contributed by atoms with Crippen LogP contribution < -0.4 is 9.64 Å². The maximum absolute atomic E-state index is 12.4. The summed E-state index contributed by atoms with van der Waals surface area (Å²) in [7, 11) is 0. The molecule has 0 fully saturated rings. The summed E-state index contributed by atoms with van der Waals surface area (Å²) in [5.41, 5.74) is 1.19. The molecule has 3 rings (SSSR count). The third-order valence-corrected chi connectivity index (χ3v) is 4.30. The monoisotopic (exact) mass is 332 g/mol. The van der Waals surface area contributed by atoms with Crippen LogP contribution in [0.3, 0.4) is 0 Å². The number of aromatic nitrogens is 3. The SMILES string of the molecule is CCN1C(=O)COc2ccc(C(=O)CSc3n[nH]c(C)n3)cc21. The molecule has 0 saturated carbocycles. The Morgan fingerprint density at radius 1 is 1.48 bits per heavy atom. The van der Waals surface area contributed by atoms with Gasteiger partial charge in [-0.2, -0.15) is 0 Å². The summed E-state index contributed by atoms with van der Waals surface area (Å²) in [5, 5.41) is 7.27. The zero-order valence-corrected chi connectivity index (χ0v) is 13.6. The molecule has 1 aliphatic rings. The van der Waals surface area contributed by atoms with Crippen LogP contribution >= 0.6 is 11.8 Å². The zero-order valence-electron chi connectivity index (χ0n) is 12.8. The van der Waals surface area contributed by atoms with Crippen molar-refractivity contribution < 1.29 is 14.3 Å². The molecule has 0 saturated heterocycles. The van der Waals surface area contributed by atoms with Crippen LogP contribution in [0, 0.1) is 6.92 Å². The smallest absolute Gasteiger partial charge is 0.265 e. The average Bonchev–Trinajstić information content (AvgIpc) is 2.97. The molecule has 1 N–H and O–H groups in total. The van der Waals surface area contributed by atoms with Gasteiger partial charge in [0.2, 0.25) is 5.16 Å². The van der Waals surface area contributed by atoms with Gasteiger partial charge < -0.3 is 9.64 Å². The van der Waals surface area contributed by atoms with E-state index in [0.717, 1.165) is 0 Å². The van der Waals surface area contributed by atoms with E-state index < -0.39 is 0 Å². The third kappa shape index (κ3) is 3.21. The molecule has 0 bridgehead atoms. The number of aryl methyl sites for hydroxylation is 1. The first-order valence-corrected chi connectivity index (χ1v) is 8.19. The molecule has 1 aromatic carbocycles. The van der Waals surface area contributed by atoms with Crippen LogP contribution in [-0.2, 0) is 4.79 Å². The van der Waals surface area contributed by atoms with Crippen LogP contribution in [0.1, 0.15) is 23.1 Å². The maximum Gasteiger partial charge on any atom is 0.265 e. The number of Topliss-reactive ketones (excluding diaryl/α,β-unsaturated/α-hetero) is 1. The van der Waals surface area contributed by atoms with Crippen molar-refractivity contribution in [3.8, 4) is 5.75 Å². The number of hydrogen-bond donors (Lipinski definition) is 1. The number of nitrogens with one attached hydrogen (secondary N) is 1. The van der Waals surface area contributed by atoms with Crippen molar-refractivity contribution in [3.05, 3.63) is 29.6 Å². The van der Waals surface area contributed by atoms with Crippen molar-refractivity contribution >= 4 is 29.1 Å². The summed E-state index contributed by atoms with van der Waals surface area (Å²) in [5.74, 6) is 1.42. The summed E-state index contributed by atoms with van der Waals surface area (Å²) in [6.45, 7) is 4.27. The van der Waals surface area contributed by atoms with Gasteiger partial charge in [-0.25, -0.2) is 4.98 Å². The summed E-state index contributed by atoms with van der Waals surface area (Å²) in [4.78, 5) is 30.0. The Balaban J connectivity index is 1.76. The molecule has 0 radical (unpaired) electrons. The predicted molar refractivity (Wildman–Crippen MR) is 86.1 cm³/mol. The number of thioether (sulfide) groups is 1. The molecular formula is C15H16N4O3S. The third-order valence-electron chi connectivity index (χ3n) is 3.45. The van der Waals surface area contributed by atoms with E-state index in [4.69, 9.17) is 4.74 Å². The quantitative estimate of drug-likeness (QED) is 0.664. The first-order chi connectivity index (χ1) is 11.1. The normalized spacial score (nSPS) is 13.7. The maximum atomic E-state index is 12.4. The number of ketones is 1. The van der Waals surface area contributed by atoms with Crippen molar-refractivity contribution in [3.63, 3.8) is 0 Å². The van der Waals surface area contributed by atoms with Crippen LogP contribution in [0.25, 0.3) is 0 Å². The van der Waals surface area contributed by atoms with E-state index in [0.29, 0.717) is 34.5 Å². The molecule has 0 unspecified atom stereocenters. The number of anilines is 1. The number of ether oxygens (including phenoxy) is 1. The summed E-state index contributed by atoms with van der Waals surface area (Å²) in [6, 6.07) is 5.16. The van der Waals surface area contributed by atoms with Crippen molar-refractivity contribution in [2.75, 3.05) is 23.8 Å². The van der Waals surface area contributed by atoms with Gasteiger partial charge in [0.15, 0.2) is 12.4 Å². The lowest BCUT2D eigenvalue weighted by Gasteiger charge is -2.28. The summed E-state index contributed by atoms with van der Waals surface area (Å²) >= 11 is 1.27. The van der Waals surface area contributed by atoms with E-state index in [9.17, 15) is 9.59 Å². The number of hydrogen-bond acceptors (Lipinski definition) is 6. The minimum atomic E-state index is -0.102. The van der Waals surface area contributed by atoms with Crippen LogP contribution in [0.4, 0.5) is 5.69 Å². The standard InChI is InChI=1S/C15H16N4O3S/c1-3-19-11-6-10(4-5-13(11)22-7-14(19)21)12(20)8-23-15-16-9(2)17-18-15/h4-6H,3,7-8H2,1-2H3,(H,16,17,18). The van der Waals surface area contributed by atoms with Gasteiger partial charge in [-0.15, -0.1) is 5.10 Å². The molecule has 120 valence electrons. The van der Waals surface area contributed by atoms with Crippen LogP contribution in [0.5, 0.6) is 5.75 Å². The van der Waals surface area contributed by atoms with Gasteiger partial charge in [0, 0.05) is 12.1 Å². The van der Waals surface area contributed by atoms with Crippen LogP contribution in [0.2, 0.25) is 0 Å². The van der Waals surface area contributed by atoms with Crippen LogP contribution in [0.15, 0.2) is 23.4 Å². The number of fused-ring (bicyclic) bond motifs is 1. The molecule has 0 aliphatic carbocycles. The second kappa shape index (κ2) is 6.41. The summed E-state index contributed by atoms with van der Waals surface area (Å²) < 4.78 is 5.40. The fraction of sp³-hybridized carbons (Fsp3) is 0.333. The minimum absolute atomic E-state index is 0.0359. The first kappa shape index (κ1) is 15.5. The van der Waals surface area contributed by atoms with Crippen molar-refractivity contribution in [1.29, 1.82) is 0 Å². The van der Waals surface area contributed by atoms with E-state index in [1.807, 2.05) is 6.92 Å². The highest BCUT2D eigenvalue weighted by molar-refractivity contribution is 7.99. The highest BCUT2D eigenvalue weighted by Gasteiger charge is 2.25. The van der Waals surface area contributed by atoms with Gasteiger partial charge in [0.25, 0.3) is 5.91 Å². The van der Waals surface area contributed by atoms with Gasteiger partial charge >= 0.3 is 0 Å². The van der Waals surface area contributed by atoms with Gasteiger partial charge in [-0.3, -0.25) is 14.7 Å². The number of aromatic amines is 1. The molecule has 2 aromatic rings. The van der Waals surface area contributed by atoms with Crippen molar-refractivity contribution in [1.82, 2.24) is 15.2 Å². The second-order valence-electron chi connectivity index (χ2n) is 5.02. The molecule has 0 spiro atoms. The Hall–Kier alpha value is -2.35. The fourth-order valence-electron chi connectivity index (χ4n) is 2.32. The Bertz CT molecular complexity index is 759. The molecule has 7 nitrogen and oxygen atoms in total. The first-order valence-electron chi connectivity index (χ1n) is 7.20. The Morgan fingerprint density at radius 3 is 3.00 bits per heavy atom. The van der Waals surface area contributed by atoms with Gasteiger partial charge in [-0.05, 0) is 32.0 Å². The topological polar surface area (TPSA) is 88.2 Å². The number of nitrogens with zero attached hydrogens (tertiary/aromatic N) is 3. The average molecular weight is 332 g/mol. The van der Waals surface area contributed by atoms with E-state index in [1.54, 1.807) is 30.0 Å². The highest BCUT2D eigenvalue weighted by atomic mass is 32.2. The fourth-order valence-corrected chi connectivity index (χ4v) is 3.06. The van der Waals surface area contributed by atoms with Crippen LogP contribution in [-0.4, -0.2) is 45.8 Å². The molecular weight excluding hydrogens is 316 g/mol. The summed E-state index contributed by atoms with van der Waals surface area (Å²) in [6.07, 6.45) is 0. The van der Waals surface area contributed by atoms with Gasteiger partial charge in [-0.1, -0.05) is 11.8 Å². The minimum Gasteiger partial charge on any atom is -0.482 e.